The predicted octanol–water partition coefficient (Wildman–Crippen LogP) is 1.69. The summed E-state index contributed by atoms with van der Waals surface area (Å²) in [7, 11) is 0. The lowest BCUT2D eigenvalue weighted by Crippen LogP contribution is -2.39. The number of aryl methyl sites for hydroxylation is 1. The number of halogens is 1. The highest BCUT2D eigenvalue weighted by Gasteiger charge is 2.46. The molecule has 0 aliphatic carbocycles. The molecule has 2 heterocycles. The molecule has 3 rings (SSSR count). The van der Waals surface area contributed by atoms with Crippen LogP contribution in [0.25, 0.3) is 5.69 Å². The van der Waals surface area contributed by atoms with Gasteiger partial charge in [-0.15, -0.1) is 10.2 Å². The Kier molecular flexibility index (Phi) is 4.76. The van der Waals surface area contributed by atoms with Gasteiger partial charge in [0.05, 0.1) is 12.3 Å². The Bertz CT molecular complexity index is 795. The Balaban J connectivity index is 1.63. The maximum absolute atomic E-state index is 14.1. The molecule has 0 radical (unpaired) electrons. The number of carbonyl (C=O) groups is 2. The van der Waals surface area contributed by atoms with Crippen LogP contribution in [0.4, 0.5) is 4.39 Å². The van der Waals surface area contributed by atoms with Crippen molar-refractivity contribution in [3.63, 3.8) is 0 Å². The Morgan fingerprint density at radius 3 is 2.72 bits per heavy atom. The van der Waals surface area contributed by atoms with E-state index in [4.69, 9.17) is 5.11 Å². The first-order valence-corrected chi connectivity index (χ1v) is 8.67. The zero-order valence-corrected chi connectivity index (χ0v) is 14.4. The number of carbonyl (C=O) groups excluding carboxylic acids is 1. The van der Waals surface area contributed by atoms with Crippen LogP contribution < -0.4 is 0 Å². The summed E-state index contributed by atoms with van der Waals surface area (Å²) < 4.78 is 15.8. The molecule has 0 spiro atoms. The number of likely N-dealkylation sites (tertiary alicyclic amines) is 1. The van der Waals surface area contributed by atoms with Crippen LogP contribution in [-0.4, -0.2) is 61.2 Å². The van der Waals surface area contributed by atoms with Gasteiger partial charge in [-0.2, -0.15) is 0 Å². The smallest absolute Gasteiger partial charge is 0.343 e. The fraction of sp³-hybridized carbons (Fsp3) is 0.375. The first kappa shape index (κ1) is 17.4. The number of benzene rings is 1. The van der Waals surface area contributed by atoms with Gasteiger partial charge < -0.3 is 10.0 Å². The van der Waals surface area contributed by atoms with E-state index in [9.17, 15) is 14.0 Å². The van der Waals surface area contributed by atoms with Crippen molar-refractivity contribution in [2.24, 2.45) is 0 Å². The summed E-state index contributed by atoms with van der Waals surface area (Å²) in [5, 5.41) is 17.3. The second-order valence-corrected chi connectivity index (χ2v) is 6.89. The highest BCUT2D eigenvalue weighted by molar-refractivity contribution is 7.99. The van der Waals surface area contributed by atoms with E-state index in [0.29, 0.717) is 5.16 Å². The first-order chi connectivity index (χ1) is 11.9. The van der Waals surface area contributed by atoms with Gasteiger partial charge in [-0.1, -0.05) is 29.5 Å². The summed E-state index contributed by atoms with van der Waals surface area (Å²) >= 11 is 1.18. The SMILES string of the molecule is Cc1ccc(-n2cnnc2SCC(=O)N2CCC(F)(C(=O)O)C2)cc1. The van der Waals surface area contributed by atoms with Gasteiger partial charge in [-0.3, -0.25) is 9.36 Å². The standard InChI is InChI=1S/C16H17FN4O3S/c1-11-2-4-12(5-3-11)21-10-18-19-15(21)25-8-13(22)20-7-6-16(17,9-20)14(23)24/h2-5,10H,6-9H2,1H3,(H,23,24). The van der Waals surface area contributed by atoms with Gasteiger partial charge in [-0.25, -0.2) is 9.18 Å². The normalized spacial score (nSPS) is 20.0. The maximum Gasteiger partial charge on any atom is 0.343 e. The van der Waals surface area contributed by atoms with Gasteiger partial charge in [0.15, 0.2) is 5.16 Å². The molecule has 1 aromatic heterocycles. The van der Waals surface area contributed by atoms with Crippen LogP contribution in [0.1, 0.15) is 12.0 Å². The molecule has 2 aromatic rings. The molecule has 1 amide bonds. The molecule has 132 valence electrons. The molecule has 1 fully saturated rings. The van der Waals surface area contributed by atoms with E-state index in [0.717, 1.165) is 11.3 Å². The van der Waals surface area contributed by atoms with Crippen molar-refractivity contribution in [1.29, 1.82) is 0 Å². The Labute approximate surface area is 147 Å². The number of carboxylic acids is 1. The monoisotopic (exact) mass is 364 g/mol. The minimum Gasteiger partial charge on any atom is -0.479 e. The average molecular weight is 364 g/mol. The molecule has 1 atom stereocenters. The molecular formula is C16H17FN4O3S. The zero-order valence-electron chi connectivity index (χ0n) is 13.6. The van der Waals surface area contributed by atoms with Gasteiger partial charge in [0, 0.05) is 18.7 Å². The largest absolute Gasteiger partial charge is 0.479 e. The minimum atomic E-state index is -2.34. The van der Waals surface area contributed by atoms with Crippen molar-refractivity contribution in [3.05, 3.63) is 36.2 Å². The van der Waals surface area contributed by atoms with E-state index in [1.807, 2.05) is 31.2 Å². The molecule has 1 N–H and O–H groups in total. The van der Waals surface area contributed by atoms with Crippen molar-refractivity contribution in [2.75, 3.05) is 18.8 Å². The van der Waals surface area contributed by atoms with E-state index >= 15 is 0 Å². The molecule has 7 nitrogen and oxygen atoms in total. The second kappa shape index (κ2) is 6.83. The zero-order chi connectivity index (χ0) is 18.0. The minimum absolute atomic E-state index is 0.0419. The van der Waals surface area contributed by atoms with Crippen LogP contribution in [0, 0.1) is 6.92 Å². The highest BCUT2D eigenvalue weighted by Crippen LogP contribution is 2.27. The Hall–Kier alpha value is -2.42. The molecule has 0 saturated carbocycles. The number of alkyl halides is 1. The fourth-order valence-corrected chi connectivity index (χ4v) is 3.41. The third-order valence-electron chi connectivity index (χ3n) is 4.11. The summed E-state index contributed by atoms with van der Waals surface area (Å²) in [6.07, 6.45) is 1.38. The van der Waals surface area contributed by atoms with Gasteiger partial charge in [0.2, 0.25) is 11.6 Å². The lowest BCUT2D eigenvalue weighted by atomic mass is 10.1. The second-order valence-electron chi connectivity index (χ2n) is 5.94. The molecule has 1 aromatic carbocycles. The number of hydrogen-bond donors (Lipinski definition) is 1. The van der Waals surface area contributed by atoms with Gasteiger partial charge in [0.25, 0.3) is 0 Å². The first-order valence-electron chi connectivity index (χ1n) is 7.69. The number of hydrogen-bond acceptors (Lipinski definition) is 5. The van der Waals surface area contributed by atoms with Crippen LogP contribution in [0.5, 0.6) is 0 Å². The molecule has 1 unspecified atom stereocenters. The van der Waals surface area contributed by atoms with Crippen LogP contribution in [0.2, 0.25) is 0 Å². The predicted molar refractivity (Wildman–Crippen MR) is 89.5 cm³/mol. The number of carboxylic acid groups (broad SMARTS) is 1. The third-order valence-corrected chi connectivity index (χ3v) is 5.04. The van der Waals surface area contributed by atoms with Crippen LogP contribution >= 0.6 is 11.8 Å². The van der Waals surface area contributed by atoms with E-state index in [1.165, 1.54) is 16.7 Å². The number of thioether (sulfide) groups is 1. The maximum atomic E-state index is 14.1. The Morgan fingerprint density at radius 2 is 2.08 bits per heavy atom. The lowest BCUT2D eigenvalue weighted by molar-refractivity contribution is -0.150. The highest BCUT2D eigenvalue weighted by atomic mass is 32.2. The molecule has 1 aliphatic heterocycles. The molecule has 0 bridgehead atoms. The van der Waals surface area contributed by atoms with Crippen molar-refractivity contribution >= 4 is 23.6 Å². The number of rotatable bonds is 5. The van der Waals surface area contributed by atoms with Crippen molar-refractivity contribution in [1.82, 2.24) is 19.7 Å². The van der Waals surface area contributed by atoms with Crippen molar-refractivity contribution in [2.45, 2.75) is 24.2 Å². The van der Waals surface area contributed by atoms with Crippen molar-refractivity contribution < 1.29 is 19.1 Å². The van der Waals surface area contributed by atoms with Gasteiger partial charge in [0.1, 0.15) is 6.33 Å². The summed E-state index contributed by atoms with van der Waals surface area (Å²) in [6, 6.07) is 7.78. The molecule has 1 aliphatic rings. The summed E-state index contributed by atoms with van der Waals surface area (Å²) in [4.78, 5) is 24.4. The van der Waals surface area contributed by atoms with Crippen LogP contribution in [-0.2, 0) is 9.59 Å². The van der Waals surface area contributed by atoms with E-state index in [2.05, 4.69) is 10.2 Å². The molecule has 1 saturated heterocycles. The van der Waals surface area contributed by atoms with Crippen molar-refractivity contribution in [3.8, 4) is 5.69 Å². The topological polar surface area (TPSA) is 88.3 Å². The quantitative estimate of drug-likeness (QED) is 0.813. The Morgan fingerprint density at radius 1 is 1.36 bits per heavy atom. The lowest BCUT2D eigenvalue weighted by Gasteiger charge is -2.17. The van der Waals surface area contributed by atoms with Gasteiger partial charge in [-0.05, 0) is 19.1 Å². The number of nitrogens with zero attached hydrogens (tertiary/aromatic N) is 4. The number of aliphatic carboxylic acids is 1. The van der Waals surface area contributed by atoms with E-state index in [-0.39, 0.29) is 24.6 Å². The van der Waals surface area contributed by atoms with Gasteiger partial charge >= 0.3 is 5.97 Å². The van der Waals surface area contributed by atoms with E-state index < -0.39 is 18.2 Å². The average Bonchev–Trinajstić information content (AvgIpc) is 3.21. The van der Waals surface area contributed by atoms with Crippen LogP contribution in [0.3, 0.4) is 0 Å². The van der Waals surface area contributed by atoms with E-state index in [1.54, 1.807) is 10.9 Å². The summed E-state index contributed by atoms with van der Waals surface area (Å²) in [5.41, 5.74) is -0.342. The summed E-state index contributed by atoms with van der Waals surface area (Å²) in [6.45, 7) is 1.68. The third kappa shape index (κ3) is 3.65. The molecule has 9 heteroatoms. The number of aromatic nitrogens is 3. The number of amides is 1. The summed E-state index contributed by atoms with van der Waals surface area (Å²) in [5.74, 6) is -1.79. The molecular weight excluding hydrogens is 347 g/mol. The van der Waals surface area contributed by atoms with Crippen LogP contribution in [0.15, 0.2) is 35.7 Å². The molecule has 25 heavy (non-hydrogen) atoms. The fourth-order valence-electron chi connectivity index (χ4n) is 2.58.